The summed E-state index contributed by atoms with van der Waals surface area (Å²) in [6.07, 6.45) is 2.64. The monoisotopic (exact) mass is 268 g/mol. The van der Waals surface area contributed by atoms with Crippen LogP contribution in [0.3, 0.4) is 0 Å². The van der Waals surface area contributed by atoms with Crippen LogP contribution in [0.5, 0.6) is 0 Å². The second-order valence-electron chi connectivity index (χ2n) is 4.41. The SMILES string of the molecule is CSCC[C@@](C)(O)CNC(=O)Nc1ccccc1. The number of anilines is 1. The highest BCUT2D eigenvalue weighted by Crippen LogP contribution is 2.11. The summed E-state index contributed by atoms with van der Waals surface area (Å²) in [4.78, 5) is 11.6. The Morgan fingerprint density at radius 3 is 2.67 bits per heavy atom. The lowest BCUT2D eigenvalue weighted by Crippen LogP contribution is -2.42. The minimum Gasteiger partial charge on any atom is -0.388 e. The van der Waals surface area contributed by atoms with Crippen LogP contribution in [0.1, 0.15) is 13.3 Å². The number of carbonyl (C=O) groups excluding carboxylic acids is 1. The smallest absolute Gasteiger partial charge is 0.319 e. The first-order chi connectivity index (χ1) is 8.53. The maximum atomic E-state index is 11.6. The molecule has 1 aromatic carbocycles. The molecule has 4 nitrogen and oxygen atoms in total. The van der Waals surface area contributed by atoms with Gasteiger partial charge in [0.25, 0.3) is 0 Å². The molecule has 3 N–H and O–H groups in total. The molecular formula is C13H20N2O2S. The molecule has 0 heterocycles. The first kappa shape index (κ1) is 14.9. The van der Waals surface area contributed by atoms with Gasteiger partial charge in [0.2, 0.25) is 0 Å². The van der Waals surface area contributed by atoms with Crippen molar-refractivity contribution in [1.82, 2.24) is 5.32 Å². The van der Waals surface area contributed by atoms with E-state index >= 15 is 0 Å². The molecule has 18 heavy (non-hydrogen) atoms. The van der Waals surface area contributed by atoms with Gasteiger partial charge in [-0.2, -0.15) is 11.8 Å². The Morgan fingerprint density at radius 1 is 1.39 bits per heavy atom. The summed E-state index contributed by atoms with van der Waals surface area (Å²) >= 11 is 1.68. The van der Waals surface area contributed by atoms with E-state index in [1.807, 2.05) is 36.6 Å². The Kier molecular flexibility index (Phi) is 6.01. The first-order valence-corrected chi connectivity index (χ1v) is 7.24. The fraction of sp³-hybridized carbons (Fsp3) is 0.462. The average Bonchev–Trinajstić information content (AvgIpc) is 2.36. The van der Waals surface area contributed by atoms with Gasteiger partial charge in [0.1, 0.15) is 0 Å². The zero-order valence-corrected chi connectivity index (χ0v) is 11.6. The van der Waals surface area contributed by atoms with Crippen LogP contribution >= 0.6 is 11.8 Å². The van der Waals surface area contributed by atoms with Crippen LogP contribution in [0, 0.1) is 0 Å². The molecule has 1 aromatic rings. The van der Waals surface area contributed by atoms with E-state index in [0.717, 1.165) is 11.4 Å². The molecule has 2 amide bonds. The number of carbonyl (C=O) groups is 1. The number of nitrogens with one attached hydrogen (secondary N) is 2. The minimum atomic E-state index is -0.864. The molecule has 100 valence electrons. The maximum Gasteiger partial charge on any atom is 0.319 e. The van der Waals surface area contributed by atoms with E-state index < -0.39 is 5.60 Å². The molecule has 0 radical (unpaired) electrons. The van der Waals surface area contributed by atoms with Crippen molar-refractivity contribution in [1.29, 1.82) is 0 Å². The van der Waals surface area contributed by atoms with Crippen LogP contribution in [0.15, 0.2) is 30.3 Å². The number of para-hydroxylation sites is 1. The second-order valence-corrected chi connectivity index (χ2v) is 5.40. The number of hydrogen-bond acceptors (Lipinski definition) is 3. The Bertz CT molecular complexity index is 369. The van der Waals surface area contributed by atoms with Crippen LogP contribution in [0.2, 0.25) is 0 Å². The number of urea groups is 1. The van der Waals surface area contributed by atoms with Crippen molar-refractivity contribution >= 4 is 23.5 Å². The number of aliphatic hydroxyl groups is 1. The van der Waals surface area contributed by atoms with E-state index in [9.17, 15) is 9.90 Å². The Labute approximate surface area is 112 Å². The normalized spacial score (nSPS) is 13.7. The fourth-order valence-corrected chi connectivity index (χ4v) is 2.02. The highest BCUT2D eigenvalue weighted by Gasteiger charge is 2.20. The zero-order chi connectivity index (χ0) is 13.4. The van der Waals surface area contributed by atoms with Crippen molar-refractivity contribution in [2.45, 2.75) is 18.9 Å². The minimum absolute atomic E-state index is 0.242. The van der Waals surface area contributed by atoms with Crippen molar-refractivity contribution in [3.63, 3.8) is 0 Å². The van der Waals surface area contributed by atoms with Crippen LogP contribution in [0.4, 0.5) is 10.5 Å². The van der Waals surface area contributed by atoms with Crippen molar-refractivity contribution in [3.8, 4) is 0 Å². The molecule has 0 unspecified atom stereocenters. The summed E-state index contributed by atoms with van der Waals surface area (Å²) in [6.45, 7) is 1.97. The van der Waals surface area contributed by atoms with E-state index in [1.54, 1.807) is 18.7 Å². The molecule has 0 saturated carbocycles. The standard InChI is InChI=1S/C13H20N2O2S/c1-13(17,8-9-18-2)10-14-12(16)15-11-6-4-3-5-7-11/h3-7,17H,8-10H2,1-2H3,(H2,14,15,16)/t13-/m1/s1. The molecule has 5 heteroatoms. The van der Waals surface area contributed by atoms with Gasteiger partial charge >= 0.3 is 6.03 Å². The second kappa shape index (κ2) is 7.28. The third-order valence-electron chi connectivity index (χ3n) is 2.51. The van der Waals surface area contributed by atoms with Crippen molar-refractivity contribution < 1.29 is 9.90 Å². The van der Waals surface area contributed by atoms with Crippen LogP contribution in [0.25, 0.3) is 0 Å². The summed E-state index contributed by atoms with van der Waals surface area (Å²) in [5, 5.41) is 15.4. The van der Waals surface area contributed by atoms with Crippen LogP contribution in [-0.2, 0) is 0 Å². The highest BCUT2D eigenvalue weighted by atomic mass is 32.2. The summed E-state index contributed by atoms with van der Waals surface area (Å²) in [5.41, 5.74) is -0.129. The summed E-state index contributed by atoms with van der Waals surface area (Å²) in [7, 11) is 0. The van der Waals surface area contributed by atoms with Gasteiger partial charge in [0.15, 0.2) is 0 Å². The number of thioether (sulfide) groups is 1. The lowest BCUT2D eigenvalue weighted by molar-refractivity contribution is 0.0599. The average molecular weight is 268 g/mol. The molecule has 0 aliphatic rings. The van der Waals surface area contributed by atoms with Gasteiger partial charge < -0.3 is 15.7 Å². The predicted octanol–water partition coefficient (Wildman–Crippen LogP) is 2.31. The predicted molar refractivity (Wildman–Crippen MR) is 77.1 cm³/mol. The Balaban J connectivity index is 2.33. The summed E-state index contributed by atoms with van der Waals surface area (Å²) in [6, 6.07) is 8.91. The van der Waals surface area contributed by atoms with Crippen molar-refractivity contribution in [2.75, 3.05) is 23.9 Å². The molecular weight excluding hydrogens is 248 g/mol. The van der Waals surface area contributed by atoms with Gasteiger partial charge in [-0.15, -0.1) is 0 Å². The molecule has 0 saturated heterocycles. The molecule has 0 aromatic heterocycles. The molecule has 0 fully saturated rings. The number of amides is 2. The molecule has 0 spiro atoms. The topological polar surface area (TPSA) is 61.4 Å². The molecule has 1 atom stereocenters. The lowest BCUT2D eigenvalue weighted by atomic mass is 10.0. The Morgan fingerprint density at radius 2 is 2.06 bits per heavy atom. The van der Waals surface area contributed by atoms with E-state index in [4.69, 9.17) is 0 Å². The summed E-state index contributed by atoms with van der Waals surface area (Å²) < 4.78 is 0. The van der Waals surface area contributed by atoms with Gasteiger partial charge in [-0.3, -0.25) is 0 Å². The molecule has 1 rings (SSSR count). The van der Waals surface area contributed by atoms with Crippen molar-refractivity contribution in [2.24, 2.45) is 0 Å². The van der Waals surface area contributed by atoms with Crippen molar-refractivity contribution in [3.05, 3.63) is 30.3 Å². The van der Waals surface area contributed by atoms with E-state index in [2.05, 4.69) is 10.6 Å². The van der Waals surface area contributed by atoms with E-state index in [0.29, 0.717) is 6.42 Å². The quantitative estimate of drug-likeness (QED) is 0.742. The fourth-order valence-electron chi connectivity index (χ4n) is 1.38. The number of rotatable bonds is 6. The van der Waals surface area contributed by atoms with Gasteiger partial charge in [0, 0.05) is 12.2 Å². The third kappa shape index (κ3) is 5.93. The van der Waals surface area contributed by atoms with Gasteiger partial charge in [-0.25, -0.2) is 4.79 Å². The zero-order valence-electron chi connectivity index (χ0n) is 10.8. The van der Waals surface area contributed by atoms with Gasteiger partial charge in [0.05, 0.1) is 5.60 Å². The largest absolute Gasteiger partial charge is 0.388 e. The van der Waals surface area contributed by atoms with E-state index in [1.165, 1.54) is 0 Å². The third-order valence-corrected chi connectivity index (χ3v) is 3.12. The van der Waals surface area contributed by atoms with Gasteiger partial charge in [-0.05, 0) is 37.5 Å². The Hall–Kier alpha value is -1.20. The summed E-state index contributed by atoms with van der Waals surface area (Å²) in [5.74, 6) is 0.870. The van der Waals surface area contributed by atoms with Gasteiger partial charge in [-0.1, -0.05) is 18.2 Å². The van der Waals surface area contributed by atoms with Crippen LogP contribution in [-0.4, -0.2) is 35.3 Å². The molecule has 0 aliphatic heterocycles. The number of hydrogen-bond donors (Lipinski definition) is 3. The lowest BCUT2D eigenvalue weighted by Gasteiger charge is -2.23. The first-order valence-electron chi connectivity index (χ1n) is 5.85. The van der Waals surface area contributed by atoms with E-state index in [-0.39, 0.29) is 12.6 Å². The highest BCUT2D eigenvalue weighted by molar-refractivity contribution is 7.98. The molecule has 0 aliphatic carbocycles. The molecule has 0 bridgehead atoms. The van der Waals surface area contributed by atoms with Crippen LogP contribution < -0.4 is 10.6 Å². The maximum absolute atomic E-state index is 11.6. The number of benzene rings is 1.